The highest BCUT2D eigenvalue weighted by Crippen LogP contribution is 2.33. The summed E-state index contributed by atoms with van der Waals surface area (Å²) in [6.45, 7) is 0.594. The fraction of sp³-hybridized carbons (Fsp3) is 0.409. The van der Waals surface area contributed by atoms with Gasteiger partial charge >= 0.3 is 0 Å². The lowest BCUT2D eigenvalue weighted by molar-refractivity contribution is -0.138. The topological polar surface area (TPSA) is 57.7 Å². The molecule has 1 unspecified atom stereocenters. The van der Waals surface area contributed by atoms with Crippen LogP contribution in [0.25, 0.3) is 0 Å². The zero-order chi connectivity index (χ0) is 21.3. The minimum absolute atomic E-state index is 0.0161. The Kier molecular flexibility index (Phi) is 5.88. The molecule has 1 saturated carbocycles. The first-order valence-corrected chi connectivity index (χ1v) is 11.6. The highest BCUT2D eigenvalue weighted by Gasteiger charge is 2.39. The van der Waals surface area contributed by atoms with Crippen LogP contribution in [0.5, 0.6) is 0 Å². The van der Waals surface area contributed by atoms with Crippen LogP contribution in [0, 0.1) is 17.6 Å². The monoisotopic (exact) mass is 434 g/mol. The van der Waals surface area contributed by atoms with Crippen LogP contribution in [0.1, 0.15) is 31.2 Å². The van der Waals surface area contributed by atoms with E-state index in [2.05, 4.69) is 0 Å². The van der Waals surface area contributed by atoms with Crippen LogP contribution in [0.4, 0.5) is 8.78 Å². The van der Waals surface area contributed by atoms with Crippen molar-refractivity contribution in [1.29, 1.82) is 0 Å². The van der Waals surface area contributed by atoms with Gasteiger partial charge in [0.25, 0.3) is 0 Å². The van der Waals surface area contributed by atoms with Gasteiger partial charge in [-0.2, -0.15) is 4.31 Å². The van der Waals surface area contributed by atoms with E-state index >= 15 is 0 Å². The maximum Gasteiger partial charge on any atom is 0.243 e. The molecule has 30 heavy (non-hydrogen) atoms. The smallest absolute Gasteiger partial charge is 0.243 e. The highest BCUT2D eigenvalue weighted by atomic mass is 32.2. The van der Waals surface area contributed by atoms with Gasteiger partial charge in [0.1, 0.15) is 11.6 Å². The van der Waals surface area contributed by atoms with Crippen molar-refractivity contribution in [1.82, 2.24) is 9.21 Å². The first-order chi connectivity index (χ1) is 14.4. The normalized spacial score (nSPS) is 20.1. The number of benzene rings is 2. The van der Waals surface area contributed by atoms with Crippen LogP contribution in [-0.2, 0) is 21.4 Å². The molecule has 2 fully saturated rings. The molecule has 2 aliphatic rings. The molecule has 1 heterocycles. The van der Waals surface area contributed by atoms with Crippen LogP contribution >= 0.6 is 0 Å². The van der Waals surface area contributed by atoms with Gasteiger partial charge in [-0.1, -0.05) is 18.2 Å². The summed E-state index contributed by atoms with van der Waals surface area (Å²) in [6.07, 6.45) is 2.92. The third-order valence-electron chi connectivity index (χ3n) is 5.75. The van der Waals surface area contributed by atoms with Gasteiger partial charge in [-0.25, -0.2) is 17.2 Å². The third kappa shape index (κ3) is 4.39. The molecule has 0 bridgehead atoms. The van der Waals surface area contributed by atoms with E-state index in [0.29, 0.717) is 24.9 Å². The second-order valence-electron chi connectivity index (χ2n) is 7.94. The molecule has 5 nitrogen and oxygen atoms in total. The molecular weight excluding hydrogens is 410 g/mol. The van der Waals surface area contributed by atoms with E-state index in [9.17, 15) is 22.0 Å². The number of halogens is 2. The number of hydrogen-bond donors (Lipinski definition) is 0. The average Bonchev–Trinajstić information content (AvgIpc) is 3.58. The number of nitrogens with zero attached hydrogens (tertiary/aromatic N) is 2. The number of carbonyl (C=O) groups excluding carboxylic acids is 1. The Morgan fingerprint density at radius 3 is 2.40 bits per heavy atom. The maximum atomic E-state index is 14.1. The molecule has 1 saturated heterocycles. The number of carbonyl (C=O) groups is 1. The third-order valence-corrected chi connectivity index (χ3v) is 7.63. The Morgan fingerprint density at radius 2 is 1.73 bits per heavy atom. The lowest BCUT2D eigenvalue weighted by Crippen LogP contribution is -2.47. The molecule has 0 N–H and O–H groups in total. The molecule has 160 valence electrons. The lowest BCUT2D eigenvalue weighted by atomic mass is 9.97. The molecule has 0 radical (unpaired) electrons. The Bertz CT molecular complexity index is 1020. The van der Waals surface area contributed by atoms with Crippen molar-refractivity contribution in [2.45, 2.75) is 43.2 Å². The summed E-state index contributed by atoms with van der Waals surface area (Å²) in [5.41, 5.74) is 0.462. The van der Waals surface area contributed by atoms with Gasteiger partial charge in [-0.3, -0.25) is 4.79 Å². The van der Waals surface area contributed by atoms with Crippen LogP contribution in [0.15, 0.2) is 53.4 Å². The second-order valence-corrected chi connectivity index (χ2v) is 9.88. The number of amides is 1. The number of piperidine rings is 1. The van der Waals surface area contributed by atoms with Gasteiger partial charge in [0.05, 0.1) is 10.8 Å². The number of sulfonamides is 1. The van der Waals surface area contributed by atoms with E-state index < -0.39 is 21.8 Å². The molecule has 0 aromatic heterocycles. The van der Waals surface area contributed by atoms with Crippen molar-refractivity contribution in [2.24, 2.45) is 5.92 Å². The fourth-order valence-corrected chi connectivity index (χ4v) is 5.46. The summed E-state index contributed by atoms with van der Waals surface area (Å²) in [4.78, 5) is 15.0. The first kappa shape index (κ1) is 20.9. The summed E-state index contributed by atoms with van der Waals surface area (Å²) in [5.74, 6) is -1.45. The summed E-state index contributed by atoms with van der Waals surface area (Å²) < 4.78 is 54.5. The molecule has 1 atom stereocenters. The Morgan fingerprint density at radius 1 is 1.03 bits per heavy atom. The lowest BCUT2D eigenvalue weighted by Gasteiger charge is -2.34. The number of rotatable bonds is 6. The zero-order valence-corrected chi connectivity index (χ0v) is 17.3. The first-order valence-electron chi connectivity index (χ1n) is 10.2. The molecule has 8 heteroatoms. The van der Waals surface area contributed by atoms with Gasteiger partial charge in [-0.15, -0.1) is 0 Å². The van der Waals surface area contributed by atoms with Crippen LogP contribution in [0.3, 0.4) is 0 Å². The molecule has 1 aliphatic heterocycles. The Hall–Kier alpha value is -2.32. The maximum absolute atomic E-state index is 14.1. The largest absolute Gasteiger partial charge is 0.335 e. The summed E-state index contributed by atoms with van der Waals surface area (Å²) in [5, 5.41) is 0. The standard InChI is InChI=1S/C22H24F2N2O3S/c23-18-7-11-20(12-8-18)30(28,29)25-13-3-5-17(14-25)22(27)26(19-9-10-19)15-16-4-1-2-6-21(16)24/h1-2,4,6-8,11-12,17,19H,3,5,9-10,13-15H2. The Balaban J connectivity index is 1.51. The predicted octanol–water partition coefficient (Wildman–Crippen LogP) is 3.56. The van der Waals surface area contributed by atoms with Crippen molar-refractivity contribution >= 4 is 15.9 Å². The van der Waals surface area contributed by atoms with Gasteiger partial charge in [0.15, 0.2) is 0 Å². The summed E-state index contributed by atoms with van der Waals surface area (Å²) in [6, 6.07) is 11.2. The second kappa shape index (κ2) is 8.43. The predicted molar refractivity (Wildman–Crippen MR) is 108 cm³/mol. The van der Waals surface area contributed by atoms with Crippen molar-refractivity contribution in [3.8, 4) is 0 Å². The molecule has 2 aromatic carbocycles. The van der Waals surface area contributed by atoms with Gasteiger partial charge < -0.3 is 4.90 Å². The van der Waals surface area contributed by atoms with E-state index in [1.807, 2.05) is 0 Å². The molecule has 1 amide bonds. The van der Waals surface area contributed by atoms with Gasteiger partial charge in [0, 0.05) is 31.2 Å². The fourth-order valence-electron chi connectivity index (χ4n) is 3.94. The molecule has 2 aromatic rings. The summed E-state index contributed by atoms with van der Waals surface area (Å²) >= 11 is 0. The van der Waals surface area contributed by atoms with Crippen molar-refractivity contribution in [2.75, 3.05) is 13.1 Å². The minimum Gasteiger partial charge on any atom is -0.335 e. The quantitative estimate of drug-likeness (QED) is 0.699. The minimum atomic E-state index is -3.81. The van der Waals surface area contributed by atoms with Crippen LogP contribution in [0.2, 0.25) is 0 Å². The van der Waals surface area contributed by atoms with Crippen molar-refractivity contribution in [3.63, 3.8) is 0 Å². The molecular formula is C22H24F2N2O3S. The van der Waals surface area contributed by atoms with Gasteiger partial charge in [0.2, 0.25) is 15.9 Å². The Labute approximate surface area is 175 Å². The van der Waals surface area contributed by atoms with Crippen LogP contribution < -0.4 is 0 Å². The van der Waals surface area contributed by atoms with E-state index in [1.165, 1.54) is 22.5 Å². The summed E-state index contributed by atoms with van der Waals surface area (Å²) in [7, 11) is -3.81. The zero-order valence-electron chi connectivity index (χ0n) is 16.5. The average molecular weight is 435 g/mol. The van der Waals surface area contributed by atoms with Crippen molar-refractivity contribution < 1.29 is 22.0 Å². The number of hydrogen-bond acceptors (Lipinski definition) is 3. The molecule has 1 aliphatic carbocycles. The molecule has 4 rings (SSSR count). The van der Waals surface area contributed by atoms with Crippen molar-refractivity contribution in [3.05, 3.63) is 65.7 Å². The highest BCUT2D eigenvalue weighted by molar-refractivity contribution is 7.89. The molecule has 0 spiro atoms. The van der Waals surface area contributed by atoms with E-state index in [4.69, 9.17) is 0 Å². The van der Waals surface area contributed by atoms with Crippen LogP contribution in [-0.4, -0.2) is 42.7 Å². The van der Waals surface area contributed by atoms with E-state index in [1.54, 1.807) is 23.1 Å². The SMILES string of the molecule is O=C(C1CCCN(S(=O)(=O)c2ccc(F)cc2)C1)N(Cc1ccccc1F)C1CC1. The van der Waals surface area contributed by atoms with Gasteiger partial charge in [-0.05, 0) is 56.0 Å². The van der Waals surface area contributed by atoms with E-state index in [-0.39, 0.29) is 35.8 Å². The van der Waals surface area contributed by atoms with E-state index in [0.717, 1.165) is 25.0 Å².